The third kappa shape index (κ3) is 2.27. The predicted molar refractivity (Wildman–Crippen MR) is 54.2 cm³/mol. The number of hydrogen-bond donors (Lipinski definition) is 0. The summed E-state index contributed by atoms with van der Waals surface area (Å²) >= 11 is 11.1. The maximum atomic E-state index is 10.5. The number of ether oxygens (including phenoxy) is 1. The van der Waals surface area contributed by atoms with E-state index >= 15 is 0 Å². The molecule has 1 rings (SSSR count). The first-order valence-corrected chi connectivity index (χ1v) is 4.60. The summed E-state index contributed by atoms with van der Waals surface area (Å²) in [7, 11) is 0. The van der Waals surface area contributed by atoms with Crippen LogP contribution in [0.2, 0.25) is 5.02 Å². The maximum Gasteiger partial charge on any atom is 0.274 e. The number of nitro benzene ring substituents is 1. The first-order valence-electron chi connectivity index (χ1n) is 3.69. The molecular weight excluding hydrogens is 229 g/mol. The average Bonchev–Trinajstić information content (AvgIpc) is 2.10. The third-order valence-corrected chi connectivity index (χ3v) is 2.06. The van der Waals surface area contributed by atoms with Crippen molar-refractivity contribution in [3.05, 3.63) is 32.8 Å². The lowest BCUT2D eigenvalue weighted by Crippen LogP contribution is -1.95. The van der Waals surface area contributed by atoms with Crippen LogP contribution >= 0.6 is 23.2 Å². The summed E-state index contributed by atoms with van der Waals surface area (Å²) in [4.78, 5) is 10.0. The van der Waals surface area contributed by atoms with Gasteiger partial charge >= 0.3 is 0 Å². The summed E-state index contributed by atoms with van der Waals surface area (Å²) in [5.74, 6) is 0.352. The summed E-state index contributed by atoms with van der Waals surface area (Å²) in [6, 6.07) is 2.69. The smallest absolute Gasteiger partial charge is 0.274 e. The van der Waals surface area contributed by atoms with Crippen LogP contribution in [0.5, 0.6) is 5.75 Å². The van der Waals surface area contributed by atoms with Crippen molar-refractivity contribution in [2.24, 2.45) is 0 Å². The van der Waals surface area contributed by atoms with Gasteiger partial charge in [-0.1, -0.05) is 23.2 Å². The second kappa shape index (κ2) is 4.48. The minimum atomic E-state index is -0.494. The van der Waals surface area contributed by atoms with Crippen molar-refractivity contribution in [3.8, 4) is 5.75 Å². The first kappa shape index (κ1) is 11.1. The summed E-state index contributed by atoms with van der Waals surface area (Å²) in [6.45, 7) is 1.61. The van der Waals surface area contributed by atoms with E-state index < -0.39 is 4.92 Å². The molecular formula is C8H7Cl2NO3. The molecule has 0 spiro atoms. The summed E-state index contributed by atoms with van der Waals surface area (Å²) in [5.41, 5.74) is 0.455. The van der Waals surface area contributed by atoms with Gasteiger partial charge in [0.1, 0.15) is 5.75 Å². The highest BCUT2D eigenvalue weighted by atomic mass is 35.5. The van der Waals surface area contributed by atoms with Gasteiger partial charge in [0.2, 0.25) is 0 Å². The molecule has 0 saturated heterocycles. The highest BCUT2D eigenvalue weighted by Crippen LogP contribution is 2.31. The molecule has 0 aliphatic rings. The summed E-state index contributed by atoms with van der Waals surface area (Å²) in [6.07, 6.45) is 0. The quantitative estimate of drug-likeness (QED) is 0.460. The zero-order valence-electron chi connectivity index (χ0n) is 7.29. The molecule has 4 nitrogen and oxygen atoms in total. The molecule has 0 atom stereocenters. The molecule has 0 N–H and O–H groups in total. The van der Waals surface area contributed by atoms with Crippen LogP contribution in [0, 0.1) is 17.0 Å². The molecule has 76 valence electrons. The maximum absolute atomic E-state index is 10.5. The summed E-state index contributed by atoms with van der Waals surface area (Å²) < 4.78 is 4.96. The van der Waals surface area contributed by atoms with E-state index in [2.05, 4.69) is 0 Å². The normalized spacial score (nSPS) is 9.93. The lowest BCUT2D eigenvalue weighted by molar-refractivity contribution is -0.385. The van der Waals surface area contributed by atoms with Crippen LogP contribution in [0.4, 0.5) is 5.69 Å². The van der Waals surface area contributed by atoms with Crippen LogP contribution in [-0.2, 0) is 0 Å². The van der Waals surface area contributed by atoms with Gasteiger partial charge in [-0.3, -0.25) is 10.1 Å². The van der Waals surface area contributed by atoms with Crippen LogP contribution in [0.3, 0.4) is 0 Å². The van der Waals surface area contributed by atoms with Gasteiger partial charge in [-0.25, -0.2) is 0 Å². The van der Waals surface area contributed by atoms with Crippen LogP contribution in [0.1, 0.15) is 5.56 Å². The van der Waals surface area contributed by atoms with Gasteiger partial charge in [0.15, 0.2) is 6.07 Å². The Morgan fingerprint density at radius 2 is 2.21 bits per heavy atom. The monoisotopic (exact) mass is 235 g/mol. The Bertz CT molecular complexity index is 368. The Hall–Kier alpha value is -1.00. The molecule has 0 unspecified atom stereocenters. The number of aryl methyl sites for hydroxylation is 1. The molecule has 0 aliphatic carbocycles. The number of alkyl halides is 1. The van der Waals surface area contributed by atoms with Crippen molar-refractivity contribution in [2.45, 2.75) is 6.92 Å². The molecule has 0 aromatic heterocycles. The van der Waals surface area contributed by atoms with Crippen LogP contribution in [0.15, 0.2) is 12.1 Å². The highest BCUT2D eigenvalue weighted by molar-refractivity contribution is 6.32. The molecule has 0 heterocycles. The van der Waals surface area contributed by atoms with E-state index in [1.165, 1.54) is 12.1 Å². The van der Waals surface area contributed by atoms with Crippen molar-refractivity contribution in [1.82, 2.24) is 0 Å². The fourth-order valence-corrected chi connectivity index (χ4v) is 1.34. The first-order chi connectivity index (χ1) is 6.56. The van der Waals surface area contributed by atoms with Gasteiger partial charge in [-0.2, -0.15) is 0 Å². The molecule has 1 aromatic carbocycles. The molecule has 0 bridgehead atoms. The lowest BCUT2D eigenvalue weighted by Gasteiger charge is -2.05. The van der Waals surface area contributed by atoms with Gasteiger partial charge in [-0.15, -0.1) is 0 Å². The Morgan fingerprint density at radius 3 is 2.71 bits per heavy atom. The Balaban J connectivity index is 3.17. The fraction of sp³-hybridized carbons (Fsp3) is 0.250. The fourth-order valence-electron chi connectivity index (χ4n) is 1.01. The van der Waals surface area contributed by atoms with Crippen LogP contribution in [0.25, 0.3) is 0 Å². The van der Waals surface area contributed by atoms with Gasteiger partial charge in [-0.05, 0) is 13.0 Å². The van der Waals surface area contributed by atoms with Gasteiger partial charge in [0.25, 0.3) is 5.69 Å². The number of hydrogen-bond acceptors (Lipinski definition) is 3. The molecule has 0 radical (unpaired) electrons. The molecule has 14 heavy (non-hydrogen) atoms. The highest BCUT2D eigenvalue weighted by Gasteiger charge is 2.14. The topological polar surface area (TPSA) is 52.4 Å². The van der Waals surface area contributed by atoms with E-state index in [0.29, 0.717) is 11.3 Å². The average molecular weight is 236 g/mol. The van der Waals surface area contributed by atoms with Crippen molar-refractivity contribution in [3.63, 3.8) is 0 Å². The largest absolute Gasteiger partial charge is 0.476 e. The van der Waals surface area contributed by atoms with Crippen molar-refractivity contribution in [2.75, 3.05) is 6.07 Å². The van der Waals surface area contributed by atoms with E-state index in [1.54, 1.807) is 6.92 Å². The van der Waals surface area contributed by atoms with Crippen molar-refractivity contribution >= 4 is 28.9 Å². The van der Waals surface area contributed by atoms with E-state index in [4.69, 9.17) is 27.9 Å². The van der Waals surface area contributed by atoms with Gasteiger partial charge < -0.3 is 4.74 Å². The van der Waals surface area contributed by atoms with Gasteiger partial charge in [0, 0.05) is 11.6 Å². The lowest BCUT2D eigenvalue weighted by atomic mass is 10.2. The second-order valence-electron chi connectivity index (χ2n) is 2.58. The third-order valence-electron chi connectivity index (χ3n) is 1.66. The molecule has 0 aliphatic heterocycles. The van der Waals surface area contributed by atoms with E-state index in [0.717, 1.165) is 0 Å². The molecule has 1 aromatic rings. The number of halogens is 2. The second-order valence-corrected chi connectivity index (χ2v) is 3.21. The number of benzene rings is 1. The minimum Gasteiger partial charge on any atom is -0.476 e. The molecule has 6 heteroatoms. The van der Waals surface area contributed by atoms with E-state index in [1.807, 2.05) is 0 Å². The molecule has 0 amide bonds. The Labute approximate surface area is 90.5 Å². The molecule has 0 fully saturated rings. The molecule has 0 saturated carbocycles. The van der Waals surface area contributed by atoms with Crippen molar-refractivity contribution in [1.29, 1.82) is 0 Å². The number of nitro groups is 1. The van der Waals surface area contributed by atoms with E-state index in [9.17, 15) is 10.1 Å². The van der Waals surface area contributed by atoms with Gasteiger partial charge in [0.05, 0.1) is 9.95 Å². The van der Waals surface area contributed by atoms with Crippen LogP contribution < -0.4 is 4.74 Å². The predicted octanol–water partition coefficient (Wildman–Crippen LogP) is 3.13. The SMILES string of the molecule is Cc1cc(OCCl)c(Cl)cc1[N+](=O)[O-]. The Morgan fingerprint density at radius 1 is 1.57 bits per heavy atom. The summed E-state index contributed by atoms with van der Waals surface area (Å²) in [5, 5.41) is 10.7. The van der Waals surface area contributed by atoms with E-state index in [-0.39, 0.29) is 16.8 Å². The Kier molecular flexibility index (Phi) is 3.55. The zero-order chi connectivity index (χ0) is 10.7. The number of nitrogens with zero attached hydrogens (tertiary/aromatic N) is 1. The minimum absolute atomic E-state index is 0.0306. The zero-order valence-corrected chi connectivity index (χ0v) is 8.80. The van der Waals surface area contributed by atoms with Crippen LogP contribution in [-0.4, -0.2) is 11.0 Å². The number of rotatable bonds is 3. The van der Waals surface area contributed by atoms with Crippen molar-refractivity contribution < 1.29 is 9.66 Å². The standard InChI is InChI=1S/C8H7Cl2NO3/c1-5-2-8(14-4-9)6(10)3-7(5)11(12)13/h2-3H,4H2,1H3.